The Labute approximate surface area is 205 Å². The molecule has 0 radical (unpaired) electrons. The van der Waals surface area contributed by atoms with E-state index in [0.717, 1.165) is 17.0 Å². The van der Waals surface area contributed by atoms with E-state index in [-0.39, 0.29) is 5.92 Å². The first-order chi connectivity index (χ1) is 16.2. The molecule has 0 fully saturated rings. The van der Waals surface area contributed by atoms with Crippen LogP contribution in [0.2, 0.25) is 0 Å². The third-order valence-electron chi connectivity index (χ3n) is 6.92. The molecule has 0 spiro atoms. The van der Waals surface area contributed by atoms with Gasteiger partial charge in [0.05, 0.1) is 0 Å². The number of hydrogen-bond acceptors (Lipinski definition) is 0. The Hall–Kier alpha value is -2.84. The third kappa shape index (κ3) is 3.26. The van der Waals surface area contributed by atoms with Crippen molar-refractivity contribution in [3.05, 3.63) is 147 Å². The van der Waals surface area contributed by atoms with E-state index in [1.807, 2.05) is 0 Å². The Balaban J connectivity index is 1.63. The maximum atomic E-state index is 8.03. The molecule has 0 amide bonds. The fraction of sp³-hybridized carbons (Fsp3) is 0.0667. The molecule has 0 aromatic heterocycles. The van der Waals surface area contributed by atoms with Gasteiger partial charge in [-0.2, -0.15) is 0 Å². The van der Waals surface area contributed by atoms with Crippen LogP contribution >= 0.6 is 22.7 Å². The lowest BCUT2D eigenvalue weighted by Crippen LogP contribution is -2.48. The molecule has 33 heavy (non-hydrogen) atoms. The molecule has 0 bridgehead atoms. The summed E-state index contributed by atoms with van der Waals surface area (Å²) in [6.07, 6.45) is 3.19. The maximum Gasteiger partial charge on any atom is 0.242 e. The first-order valence-electron chi connectivity index (χ1n) is 11.3. The largest absolute Gasteiger partial charge is 0.242 e. The second-order valence-electron chi connectivity index (χ2n) is 8.73. The Morgan fingerprint density at radius 3 is 2.09 bits per heavy atom. The van der Waals surface area contributed by atoms with Gasteiger partial charge in [0.2, 0.25) is 7.38 Å². The normalized spacial score (nSPS) is 18.5. The molecule has 0 saturated heterocycles. The van der Waals surface area contributed by atoms with Crippen molar-refractivity contribution in [2.24, 2.45) is 0 Å². The molecule has 4 aromatic rings. The monoisotopic (exact) mass is 480 g/mol. The average Bonchev–Trinajstić information content (AvgIpc) is 3.45. The molecule has 0 heterocycles. The Bertz CT molecular complexity index is 1410. The van der Waals surface area contributed by atoms with E-state index >= 15 is 0 Å². The molecule has 6 rings (SSSR count). The molecule has 160 valence electrons. The van der Waals surface area contributed by atoms with Crippen LogP contribution in [-0.2, 0) is 6.42 Å². The number of allylic oxidation sites excluding steroid dienone is 2. The van der Waals surface area contributed by atoms with Crippen LogP contribution in [0.15, 0.2) is 120 Å². The zero-order valence-electron chi connectivity index (χ0n) is 18.0. The lowest BCUT2D eigenvalue weighted by molar-refractivity contribution is 1.02. The second kappa shape index (κ2) is 8.18. The number of fused-ring (bicyclic) bond motifs is 2. The van der Waals surface area contributed by atoms with Crippen LogP contribution in [0, 0.1) is 0 Å². The smallest absolute Gasteiger partial charge is 0.149 e. The zero-order chi connectivity index (χ0) is 22.4. The molecule has 3 heteroatoms. The summed E-state index contributed by atoms with van der Waals surface area (Å²) in [5, 5.41) is 4.50. The summed E-state index contributed by atoms with van der Waals surface area (Å²) in [6.45, 7) is 0. The van der Waals surface area contributed by atoms with Crippen molar-refractivity contribution >= 4 is 46.4 Å². The Kier molecular flexibility index (Phi) is 5.14. The molecule has 0 saturated carbocycles. The molecular weight excluding hydrogens is 459 g/mol. The quantitative estimate of drug-likeness (QED) is 0.208. The summed E-state index contributed by atoms with van der Waals surface area (Å²) in [4.78, 5) is 0. The van der Waals surface area contributed by atoms with Gasteiger partial charge in [-0.05, 0) is 44.6 Å². The van der Waals surface area contributed by atoms with Crippen molar-refractivity contribution in [1.29, 1.82) is 0 Å². The van der Waals surface area contributed by atoms with Crippen LogP contribution in [0.1, 0.15) is 33.7 Å². The minimum atomic E-state index is -2.88. The highest BCUT2D eigenvalue weighted by Crippen LogP contribution is 2.53. The lowest BCUT2D eigenvalue weighted by atomic mass is 9.93. The van der Waals surface area contributed by atoms with Crippen LogP contribution in [-0.4, -0.2) is 7.38 Å². The minimum absolute atomic E-state index is 0.0453. The fourth-order valence-electron chi connectivity index (χ4n) is 5.40. The van der Waals surface area contributed by atoms with Crippen molar-refractivity contribution in [2.75, 3.05) is 0 Å². The fourth-order valence-corrected chi connectivity index (χ4v) is 11.2. The van der Waals surface area contributed by atoms with E-state index in [2.05, 4.69) is 115 Å². The topological polar surface area (TPSA) is 0 Å². The standard InChI is InChI=1S/C30H22Cl2Si/c31-29-27-18-10-9-17-26(27)28(21-11-3-1-4-12-21)30(29)33(32,24-15-5-2-6-16-24)25-19-22-13-7-8-14-23(22)20-25/h1-19,28H,20H2. The summed E-state index contributed by atoms with van der Waals surface area (Å²) >= 11 is 15.3. The van der Waals surface area contributed by atoms with Crippen LogP contribution in [0.4, 0.5) is 0 Å². The number of rotatable bonds is 4. The summed E-state index contributed by atoms with van der Waals surface area (Å²) in [6, 6.07) is 38.4. The Morgan fingerprint density at radius 1 is 0.697 bits per heavy atom. The van der Waals surface area contributed by atoms with Crippen LogP contribution in [0.25, 0.3) is 11.1 Å². The summed E-state index contributed by atoms with van der Waals surface area (Å²) in [5.74, 6) is 0.0453. The highest BCUT2D eigenvalue weighted by atomic mass is 35.6. The summed E-state index contributed by atoms with van der Waals surface area (Å²) in [5.41, 5.74) is 6.19. The van der Waals surface area contributed by atoms with E-state index in [9.17, 15) is 0 Å². The van der Waals surface area contributed by atoms with Gasteiger partial charge < -0.3 is 0 Å². The second-order valence-corrected chi connectivity index (χ2v) is 13.9. The predicted molar refractivity (Wildman–Crippen MR) is 143 cm³/mol. The van der Waals surface area contributed by atoms with Crippen molar-refractivity contribution in [3.63, 3.8) is 0 Å². The molecule has 4 aromatic carbocycles. The van der Waals surface area contributed by atoms with Crippen LogP contribution in [0.5, 0.6) is 0 Å². The molecular formula is C30H22Cl2Si. The molecule has 0 aliphatic heterocycles. The number of benzene rings is 4. The first-order valence-corrected chi connectivity index (χ1v) is 14.6. The highest BCUT2D eigenvalue weighted by Gasteiger charge is 2.50. The molecule has 2 aliphatic carbocycles. The van der Waals surface area contributed by atoms with E-state index in [1.54, 1.807) is 0 Å². The molecule has 0 N–H and O–H groups in total. The maximum absolute atomic E-state index is 8.03. The van der Waals surface area contributed by atoms with Crippen LogP contribution in [0.3, 0.4) is 0 Å². The molecule has 2 atom stereocenters. The van der Waals surface area contributed by atoms with Gasteiger partial charge in [-0.25, -0.2) is 0 Å². The van der Waals surface area contributed by atoms with E-state index in [0.29, 0.717) is 0 Å². The predicted octanol–water partition coefficient (Wildman–Crippen LogP) is 7.59. The van der Waals surface area contributed by atoms with Crippen molar-refractivity contribution in [1.82, 2.24) is 0 Å². The van der Waals surface area contributed by atoms with Crippen molar-refractivity contribution in [3.8, 4) is 0 Å². The first kappa shape index (κ1) is 20.7. The van der Waals surface area contributed by atoms with Gasteiger partial charge in [-0.3, -0.25) is 0 Å². The lowest BCUT2D eigenvalue weighted by Gasteiger charge is -2.33. The van der Waals surface area contributed by atoms with Gasteiger partial charge in [-0.1, -0.05) is 132 Å². The minimum Gasteiger partial charge on any atom is -0.149 e. The third-order valence-corrected chi connectivity index (χ3v) is 13.1. The zero-order valence-corrected chi connectivity index (χ0v) is 20.5. The summed E-state index contributed by atoms with van der Waals surface area (Å²) in [7, 11) is -2.88. The highest BCUT2D eigenvalue weighted by molar-refractivity contribution is 7.35. The Morgan fingerprint density at radius 2 is 1.33 bits per heavy atom. The number of halogens is 2. The van der Waals surface area contributed by atoms with Gasteiger partial charge >= 0.3 is 0 Å². The molecule has 0 nitrogen and oxygen atoms in total. The summed E-state index contributed by atoms with van der Waals surface area (Å²) < 4.78 is 0. The molecule has 2 aliphatic rings. The number of hydrogen-bond donors (Lipinski definition) is 0. The SMILES string of the molecule is ClC1=C([Si](Cl)(C2=Cc3ccccc3C2)c2ccccc2)C(c2ccccc2)c2ccccc21. The van der Waals surface area contributed by atoms with Gasteiger partial charge in [-0.15, -0.1) is 11.1 Å². The van der Waals surface area contributed by atoms with E-state index in [4.69, 9.17) is 22.7 Å². The average molecular weight is 481 g/mol. The van der Waals surface area contributed by atoms with E-state index in [1.165, 1.54) is 37.8 Å². The van der Waals surface area contributed by atoms with Crippen molar-refractivity contribution in [2.45, 2.75) is 12.3 Å². The van der Waals surface area contributed by atoms with Crippen LogP contribution < -0.4 is 5.19 Å². The van der Waals surface area contributed by atoms with Gasteiger partial charge in [0.1, 0.15) is 0 Å². The molecule has 2 unspecified atom stereocenters. The van der Waals surface area contributed by atoms with E-state index < -0.39 is 7.38 Å². The van der Waals surface area contributed by atoms with Crippen molar-refractivity contribution < 1.29 is 0 Å². The van der Waals surface area contributed by atoms with Gasteiger partial charge in [0, 0.05) is 11.0 Å². The van der Waals surface area contributed by atoms with Gasteiger partial charge in [0.25, 0.3) is 0 Å². The van der Waals surface area contributed by atoms with Gasteiger partial charge in [0.15, 0.2) is 0 Å².